The Bertz CT molecular complexity index is 1300. The molecule has 0 aliphatic heterocycles. The molecule has 3 fully saturated rings. The molecule has 0 spiro atoms. The topological polar surface area (TPSA) is 131 Å². The maximum atomic E-state index is 13.5. The highest BCUT2D eigenvalue weighted by molar-refractivity contribution is 6.49. The third-order valence-electron chi connectivity index (χ3n) is 12.3. The molecule has 0 aromatic carbocycles. The molecule has 39 heavy (non-hydrogen) atoms. The van der Waals surface area contributed by atoms with Crippen molar-refractivity contribution in [3.63, 3.8) is 0 Å². The van der Waals surface area contributed by atoms with Gasteiger partial charge in [0.15, 0.2) is 0 Å². The van der Waals surface area contributed by atoms with Crippen LogP contribution in [0.5, 0.6) is 0 Å². The van der Waals surface area contributed by atoms with E-state index in [1.54, 1.807) is 13.2 Å². The van der Waals surface area contributed by atoms with Crippen LogP contribution in [0.25, 0.3) is 0 Å². The zero-order valence-corrected chi connectivity index (χ0v) is 24.4. The number of nitrogens with one attached hydrogen (secondary N) is 1. The number of primary amides is 1. The Hall–Kier alpha value is -2.74. The zero-order chi connectivity index (χ0) is 28.8. The van der Waals surface area contributed by atoms with Gasteiger partial charge in [0.25, 0.3) is 0 Å². The van der Waals surface area contributed by atoms with Crippen LogP contribution in [-0.4, -0.2) is 41.3 Å². The van der Waals surface area contributed by atoms with Gasteiger partial charge < -0.3 is 15.6 Å². The van der Waals surface area contributed by atoms with Crippen molar-refractivity contribution in [2.75, 3.05) is 7.11 Å². The maximum Gasteiger partial charge on any atom is 0.332 e. The lowest BCUT2D eigenvalue weighted by Crippen LogP contribution is -2.62. The van der Waals surface area contributed by atoms with Crippen molar-refractivity contribution in [1.82, 2.24) is 5.43 Å². The quantitative estimate of drug-likeness (QED) is 0.421. The molecule has 8 heteroatoms. The minimum atomic E-state index is -1.14. The number of hydrogen-bond acceptors (Lipinski definition) is 5. The number of carboxylic acids is 1. The van der Waals surface area contributed by atoms with Gasteiger partial charge in [0, 0.05) is 12.5 Å². The van der Waals surface area contributed by atoms with E-state index in [-0.39, 0.29) is 33.2 Å². The van der Waals surface area contributed by atoms with Crippen molar-refractivity contribution in [3.8, 4) is 0 Å². The van der Waals surface area contributed by atoms with Crippen molar-refractivity contribution < 1.29 is 24.2 Å². The lowest BCUT2D eigenvalue weighted by Gasteiger charge is -2.70. The maximum absolute atomic E-state index is 13.5. The second kappa shape index (κ2) is 8.38. The summed E-state index contributed by atoms with van der Waals surface area (Å²) in [6.45, 7) is 13.2. The molecule has 5 aliphatic rings. The molecule has 3 saturated carbocycles. The number of rotatable bonds is 3. The van der Waals surface area contributed by atoms with Crippen LogP contribution in [0.2, 0.25) is 0 Å². The third kappa shape index (κ3) is 3.52. The van der Waals surface area contributed by atoms with Gasteiger partial charge in [-0.15, -0.1) is 0 Å². The van der Waals surface area contributed by atoms with E-state index in [0.29, 0.717) is 12.3 Å². The highest BCUT2D eigenvalue weighted by atomic mass is 16.5. The average molecular weight is 538 g/mol. The van der Waals surface area contributed by atoms with E-state index in [9.17, 15) is 19.5 Å². The van der Waals surface area contributed by atoms with Crippen LogP contribution >= 0.6 is 0 Å². The highest BCUT2D eigenvalue weighted by Gasteiger charge is 2.67. The van der Waals surface area contributed by atoms with Crippen LogP contribution < -0.4 is 11.2 Å². The van der Waals surface area contributed by atoms with Crippen molar-refractivity contribution >= 4 is 23.5 Å². The zero-order valence-electron chi connectivity index (χ0n) is 24.4. The first-order chi connectivity index (χ1) is 18.0. The number of nitrogens with zero attached hydrogens (tertiary/aromatic N) is 1. The average Bonchev–Trinajstić information content (AvgIpc) is 2.86. The van der Waals surface area contributed by atoms with Gasteiger partial charge >= 0.3 is 12.0 Å². The Kier molecular flexibility index (Phi) is 5.98. The Morgan fingerprint density at radius 3 is 2.28 bits per heavy atom. The van der Waals surface area contributed by atoms with Gasteiger partial charge in [0.2, 0.25) is 5.78 Å². The van der Waals surface area contributed by atoms with Gasteiger partial charge in [-0.05, 0) is 98.2 Å². The summed E-state index contributed by atoms with van der Waals surface area (Å²) in [6, 6.07) is -0.846. The van der Waals surface area contributed by atoms with Crippen LogP contribution in [0.3, 0.4) is 0 Å². The number of carbonyl (C=O) groups excluding carboxylic acids is 2. The second-order valence-corrected chi connectivity index (χ2v) is 14.1. The summed E-state index contributed by atoms with van der Waals surface area (Å²) in [4.78, 5) is 37.2. The fourth-order valence-electron chi connectivity index (χ4n) is 9.27. The number of hydrazone groups is 1. The molecule has 0 bridgehead atoms. The fourth-order valence-corrected chi connectivity index (χ4v) is 9.27. The number of hydrogen-bond donors (Lipinski definition) is 3. The summed E-state index contributed by atoms with van der Waals surface area (Å²) in [6.07, 6.45) is 12.2. The number of methoxy groups -OCH3 is 1. The summed E-state index contributed by atoms with van der Waals surface area (Å²) in [5.74, 6) is -0.695. The van der Waals surface area contributed by atoms with Gasteiger partial charge in [0.1, 0.15) is 11.3 Å². The minimum Gasteiger partial charge on any atom is -0.481 e. The highest BCUT2D eigenvalue weighted by Crippen LogP contribution is 2.75. The summed E-state index contributed by atoms with van der Waals surface area (Å²) >= 11 is 0. The largest absolute Gasteiger partial charge is 0.481 e. The third-order valence-corrected chi connectivity index (χ3v) is 12.3. The van der Waals surface area contributed by atoms with E-state index >= 15 is 0 Å². The van der Waals surface area contributed by atoms with E-state index < -0.39 is 23.0 Å². The normalized spacial score (nSPS) is 46.0. The number of nitrogens with two attached hydrogens (primary N) is 1. The number of ether oxygens (including phenoxy) is 1. The van der Waals surface area contributed by atoms with Crippen LogP contribution in [0.1, 0.15) is 86.5 Å². The summed E-state index contributed by atoms with van der Waals surface area (Å²) in [5.41, 5.74) is 8.33. The van der Waals surface area contributed by atoms with Gasteiger partial charge in [0.05, 0.1) is 5.41 Å². The molecule has 7 atom stereocenters. The van der Waals surface area contributed by atoms with E-state index in [2.05, 4.69) is 50.4 Å². The van der Waals surface area contributed by atoms with Crippen LogP contribution in [0, 0.1) is 33.0 Å². The summed E-state index contributed by atoms with van der Waals surface area (Å²) in [5, 5.41) is 14.2. The van der Waals surface area contributed by atoms with Crippen molar-refractivity contribution in [1.29, 1.82) is 0 Å². The molecule has 212 valence electrons. The minimum absolute atomic E-state index is 0.0738. The van der Waals surface area contributed by atoms with Crippen molar-refractivity contribution in [2.24, 2.45) is 43.8 Å². The predicted octanol–water partition coefficient (Wildman–Crippen LogP) is 5.30. The molecule has 0 aromatic heterocycles. The molecule has 4 N–H and O–H groups in total. The van der Waals surface area contributed by atoms with Crippen molar-refractivity contribution in [2.45, 2.75) is 92.1 Å². The standard InChI is InChI=1S/C31H43N3O5/c1-26-10-11-27(2,24(36)37)17-22(26)30(5)15-13-28(3)19-16-20(35)23(33-34-25(32)38)31(6,39-7)18(19)8-9-21(28)29(30,4)14-12-26/h8-9,16,22H,10-15,17H2,1-7H3,(H,36,37)(H3,32,34,38)/t22-,26-,27-,28+,29-,30+,31+/m1/s1. The Labute approximate surface area is 231 Å². The number of carboxylic acid groups (broad SMARTS) is 1. The van der Waals surface area contributed by atoms with Crippen LogP contribution in [-0.2, 0) is 14.3 Å². The molecule has 0 radical (unpaired) electrons. The molecule has 8 nitrogen and oxygen atoms in total. The molecule has 0 saturated heterocycles. The lowest BCUT2D eigenvalue weighted by molar-refractivity contribution is -0.178. The molecule has 0 unspecified atom stereocenters. The molecule has 0 heterocycles. The predicted molar refractivity (Wildman–Crippen MR) is 149 cm³/mol. The first-order valence-corrected chi connectivity index (χ1v) is 14.1. The van der Waals surface area contributed by atoms with Gasteiger partial charge in [-0.1, -0.05) is 45.4 Å². The smallest absolute Gasteiger partial charge is 0.332 e. The number of aliphatic carboxylic acids is 1. The number of ketones is 1. The second-order valence-electron chi connectivity index (χ2n) is 14.1. The monoisotopic (exact) mass is 537 g/mol. The van der Waals surface area contributed by atoms with E-state index in [1.165, 1.54) is 5.57 Å². The lowest BCUT2D eigenvalue weighted by atomic mass is 9.34. The van der Waals surface area contributed by atoms with E-state index in [0.717, 1.165) is 49.7 Å². The van der Waals surface area contributed by atoms with E-state index in [1.807, 2.05) is 13.8 Å². The number of amides is 2. The molecule has 5 aliphatic carbocycles. The van der Waals surface area contributed by atoms with Crippen molar-refractivity contribution in [3.05, 3.63) is 34.9 Å². The Morgan fingerprint density at radius 2 is 1.67 bits per heavy atom. The Morgan fingerprint density at radius 1 is 1.00 bits per heavy atom. The van der Waals surface area contributed by atoms with Gasteiger partial charge in [-0.2, -0.15) is 5.10 Å². The van der Waals surface area contributed by atoms with Gasteiger partial charge in [-0.25, -0.2) is 10.2 Å². The van der Waals surface area contributed by atoms with Gasteiger partial charge in [-0.3, -0.25) is 9.59 Å². The number of carbonyl (C=O) groups is 3. The first-order valence-electron chi connectivity index (χ1n) is 14.1. The number of urea groups is 1. The SMILES string of the molecule is CO[C@@]1(C)C2=CC=C3[C@@](C)(CC[C@@]4(C)[C@@H]5C[C@](C)(C(=O)O)CC[C@]5(C)CC[C@]34C)C2=CC(=O)C1=NNC(N)=O. The van der Waals surface area contributed by atoms with E-state index in [4.69, 9.17) is 10.5 Å². The van der Waals surface area contributed by atoms with Crippen LogP contribution in [0.15, 0.2) is 40.0 Å². The molecule has 2 amide bonds. The Balaban J connectivity index is 1.64. The fraction of sp³-hybridized carbons (Fsp3) is 0.677. The molecule has 0 aromatic rings. The van der Waals surface area contributed by atoms with Crippen LogP contribution in [0.4, 0.5) is 4.79 Å². The first kappa shape index (κ1) is 27.8. The molecular weight excluding hydrogens is 494 g/mol. The number of allylic oxidation sites excluding steroid dienone is 4. The molecule has 5 rings (SSSR count). The summed E-state index contributed by atoms with van der Waals surface area (Å²) in [7, 11) is 1.54. The summed E-state index contributed by atoms with van der Waals surface area (Å²) < 4.78 is 5.93. The number of fused-ring (bicyclic) bond motifs is 7. The molecular formula is C31H43N3O5.